The van der Waals surface area contributed by atoms with E-state index in [4.69, 9.17) is 13.7 Å². The fraction of sp³-hybridized carbons (Fsp3) is 0.300. The molecule has 0 bridgehead atoms. The van der Waals surface area contributed by atoms with Crippen LogP contribution in [-0.4, -0.2) is 28.3 Å². The van der Waals surface area contributed by atoms with Gasteiger partial charge in [-0.05, 0) is 45.9 Å². The predicted molar refractivity (Wildman–Crippen MR) is 101 cm³/mol. The summed E-state index contributed by atoms with van der Waals surface area (Å²) in [6.07, 6.45) is 8.81. The predicted octanol–water partition coefficient (Wildman–Crippen LogP) is 3.70. The van der Waals surface area contributed by atoms with E-state index < -0.39 is 18.3 Å². The second-order valence-electron chi connectivity index (χ2n) is 7.47. The Balaban J connectivity index is 1.86. The van der Waals surface area contributed by atoms with Gasteiger partial charge in [-0.2, -0.15) is 0 Å². The Kier molecular flexibility index (Phi) is 3.97. The highest BCUT2D eigenvalue weighted by atomic mass is 16.7. The van der Waals surface area contributed by atoms with E-state index in [9.17, 15) is 0 Å². The van der Waals surface area contributed by atoms with Crippen molar-refractivity contribution >= 4 is 12.6 Å². The van der Waals surface area contributed by atoms with Gasteiger partial charge >= 0.3 is 7.12 Å². The first-order valence-corrected chi connectivity index (χ1v) is 8.67. The minimum atomic E-state index is -0.510. The molecule has 0 atom stereocenters. The van der Waals surface area contributed by atoms with Crippen molar-refractivity contribution in [3.8, 4) is 22.5 Å². The van der Waals surface area contributed by atoms with Gasteiger partial charge in [0, 0.05) is 46.9 Å². The SMILES string of the molecule is CC1(C)OB(c2coc(-c3cccnc3)c2-c2cccnc2)OC1(C)C. The maximum atomic E-state index is 6.24. The fourth-order valence-electron chi connectivity index (χ4n) is 3.03. The molecule has 0 saturated carbocycles. The van der Waals surface area contributed by atoms with Crippen LogP contribution in [0.4, 0.5) is 0 Å². The van der Waals surface area contributed by atoms with Crippen LogP contribution >= 0.6 is 0 Å². The standard InChI is InChI=1S/C20H21BN2O3/c1-19(2)20(3,4)26-21(25-19)16-13-24-18(15-8-6-10-23-12-15)17(16)14-7-5-9-22-11-14/h5-13H,1-4H3. The third-order valence-corrected chi connectivity index (χ3v) is 5.20. The molecule has 3 aromatic rings. The maximum absolute atomic E-state index is 6.24. The van der Waals surface area contributed by atoms with E-state index in [1.807, 2.05) is 58.2 Å². The highest BCUT2D eigenvalue weighted by molar-refractivity contribution is 6.64. The zero-order valence-corrected chi connectivity index (χ0v) is 15.4. The molecule has 0 unspecified atom stereocenters. The summed E-state index contributed by atoms with van der Waals surface area (Å²) in [5, 5.41) is 0. The third kappa shape index (κ3) is 2.75. The highest BCUT2D eigenvalue weighted by Crippen LogP contribution is 2.39. The molecular weight excluding hydrogens is 327 g/mol. The second-order valence-corrected chi connectivity index (χ2v) is 7.47. The van der Waals surface area contributed by atoms with Crippen molar-refractivity contribution in [3.63, 3.8) is 0 Å². The molecule has 0 aliphatic carbocycles. The van der Waals surface area contributed by atoms with Gasteiger partial charge in [0.05, 0.1) is 17.5 Å². The lowest BCUT2D eigenvalue weighted by Gasteiger charge is -2.32. The summed E-state index contributed by atoms with van der Waals surface area (Å²) in [5.41, 5.74) is 2.78. The number of furan rings is 1. The van der Waals surface area contributed by atoms with E-state index in [1.54, 1.807) is 24.9 Å². The molecule has 1 fully saturated rings. The molecule has 6 heteroatoms. The molecule has 1 aliphatic rings. The molecule has 4 heterocycles. The van der Waals surface area contributed by atoms with Crippen LogP contribution in [0.15, 0.2) is 59.7 Å². The molecule has 3 aromatic heterocycles. The third-order valence-electron chi connectivity index (χ3n) is 5.20. The van der Waals surface area contributed by atoms with E-state index in [-0.39, 0.29) is 0 Å². The van der Waals surface area contributed by atoms with Crippen LogP contribution < -0.4 is 5.46 Å². The van der Waals surface area contributed by atoms with Gasteiger partial charge in [0.15, 0.2) is 0 Å². The quantitative estimate of drug-likeness (QED) is 0.676. The van der Waals surface area contributed by atoms with Crippen molar-refractivity contribution in [2.75, 3.05) is 0 Å². The zero-order valence-electron chi connectivity index (χ0n) is 15.4. The summed E-state index contributed by atoms with van der Waals surface area (Å²) in [5.74, 6) is 0.732. The summed E-state index contributed by atoms with van der Waals surface area (Å²) in [6, 6.07) is 7.77. The number of rotatable bonds is 3. The molecule has 0 spiro atoms. The molecule has 1 saturated heterocycles. The summed E-state index contributed by atoms with van der Waals surface area (Å²) >= 11 is 0. The molecule has 0 radical (unpaired) electrons. The van der Waals surface area contributed by atoms with Gasteiger partial charge in [-0.3, -0.25) is 9.97 Å². The van der Waals surface area contributed by atoms with Gasteiger partial charge in [-0.15, -0.1) is 0 Å². The number of hydrogen-bond acceptors (Lipinski definition) is 5. The average Bonchev–Trinajstić information content (AvgIpc) is 3.15. The minimum absolute atomic E-state index is 0.421. The maximum Gasteiger partial charge on any atom is 0.498 e. The molecule has 26 heavy (non-hydrogen) atoms. The van der Waals surface area contributed by atoms with Crippen LogP contribution in [0.25, 0.3) is 22.5 Å². The van der Waals surface area contributed by atoms with Gasteiger partial charge in [0.2, 0.25) is 0 Å². The first-order chi connectivity index (χ1) is 12.4. The lowest BCUT2D eigenvalue weighted by Crippen LogP contribution is -2.41. The summed E-state index contributed by atoms with van der Waals surface area (Å²) in [7, 11) is -0.510. The first kappa shape index (κ1) is 17.0. The van der Waals surface area contributed by atoms with Gasteiger partial charge in [-0.1, -0.05) is 6.07 Å². The lowest BCUT2D eigenvalue weighted by molar-refractivity contribution is 0.00578. The molecule has 0 N–H and O–H groups in total. The lowest BCUT2D eigenvalue weighted by atomic mass is 9.76. The van der Waals surface area contributed by atoms with Gasteiger partial charge < -0.3 is 13.7 Å². The molecule has 4 rings (SSSR count). The monoisotopic (exact) mass is 348 g/mol. The highest BCUT2D eigenvalue weighted by Gasteiger charge is 2.53. The van der Waals surface area contributed by atoms with E-state index in [2.05, 4.69) is 9.97 Å². The Bertz CT molecular complexity index is 891. The molecule has 132 valence electrons. The largest absolute Gasteiger partial charge is 0.498 e. The van der Waals surface area contributed by atoms with Crippen LogP contribution in [0.1, 0.15) is 27.7 Å². The average molecular weight is 348 g/mol. The Hall–Kier alpha value is -2.44. The first-order valence-electron chi connectivity index (χ1n) is 8.67. The smallest absolute Gasteiger partial charge is 0.464 e. The van der Waals surface area contributed by atoms with Crippen LogP contribution in [0.2, 0.25) is 0 Å². The number of aromatic nitrogens is 2. The molecule has 5 nitrogen and oxygen atoms in total. The van der Waals surface area contributed by atoms with Gasteiger partial charge in [-0.25, -0.2) is 0 Å². The fourth-order valence-corrected chi connectivity index (χ4v) is 3.03. The second kappa shape index (κ2) is 6.07. The van der Waals surface area contributed by atoms with E-state index in [0.717, 1.165) is 27.9 Å². The summed E-state index contributed by atoms with van der Waals surface area (Å²) in [6.45, 7) is 8.16. The Morgan fingerprint density at radius 1 is 0.846 bits per heavy atom. The minimum Gasteiger partial charge on any atom is -0.464 e. The van der Waals surface area contributed by atoms with Gasteiger partial charge in [0.1, 0.15) is 5.76 Å². The molecule has 0 aromatic carbocycles. The Morgan fingerprint density at radius 3 is 1.96 bits per heavy atom. The van der Waals surface area contributed by atoms with Crippen molar-refractivity contribution < 1.29 is 13.7 Å². The molecule has 0 amide bonds. The van der Waals surface area contributed by atoms with Crippen molar-refractivity contribution in [2.24, 2.45) is 0 Å². The van der Waals surface area contributed by atoms with Crippen molar-refractivity contribution in [1.82, 2.24) is 9.97 Å². The van der Waals surface area contributed by atoms with E-state index >= 15 is 0 Å². The Morgan fingerprint density at radius 2 is 1.42 bits per heavy atom. The summed E-state index contributed by atoms with van der Waals surface area (Å²) in [4.78, 5) is 8.47. The number of hydrogen-bond donors (Lipinski definition) is 0. The van der Waals surface area contributed by atoms with Crippen molar-refractivity contribution in [3.05, 3.63) is 55.3 Å². The Labute approximate surface area is 153 Å². The molecular formula is C20H21BN2O3. The topological polar surface area (TPSA) is 57.4 Å². The van der Waals surface area contributed by atoms with Crippen molar-refractivity contribution in [1.29, 1.82) is 0 Å². The number of nitrogens with zero attached hydrogens (tertiary/aromatic N) is 2. The van der Waals surface area contributed by atoms with E-state index in [0.29, 0.717) is 0 Å². The normalized spacial score (nSPS) is 18.2. The number of pyridine rings is 2. The van der Waals surface area contributed by atoms with Crippen LogP contribution in [-0.2, 0) is 9.31 Å². The van der Waals surface area contributed by atoms with Crippen LogP contribution in [0.5, 0.6) is 0 Å². The molecule has 1 aliphatic heterocycles. The van der Waals surface area contributed by atoms with Crippen LogP contribution in [0.3, 0.4) is 0 Å². The van der Waals surface area contributed by atoms with Crippen LogP contribution in [0, 0.1) is 0 Å². The zero-order chi connectivity index (χ0) is 18.4. The van der Waals surface area contributed by atoms with Gasteiger partial charge in [0.25, 0.3) is 0 Å². The summed E-state index contributed by atoms with van der Waals surface area (Å²) < 4.78 is 18.4. The van der Waals surface area contributed by atoms with Crippen molar-refractivity contribution in [2.45, 2.75) is 38.9 Å². The van der Waals surface area contributed by atoms with E-state index in [1.165, 1.54) is 0 Å².